The molecule has 23 heavy (non-hydrogen) atoms. The molecular weight excluding hydrogens is 324 g/mol. The van der Waals surface area contributed by atoms with E-state index in [9.17, 15) is 31.1 Å². The van der Waals surface area contributed by atoms with Crippen molar-refractivity contribution in [3.63, 3.8) is 0 Å². The third kappa shape index (κ3) is 4.02. The molecule has 2 aromatic rings. The Labute approximate surface area is 126 Å². The minimum Gasteiger partial charge on any atom is -0.337 e. The minimum absolute atomic E-state index is 0.394. The molecular formula is C15H9F6NO. The van der Waals surface area contributed by atoms with E-state index < -0.39 is 46.7 Å². The SMILES string of the molecule is O=C(NC(c1ccc(F)cc1)C(F)(F)F)c1ccc(F)c(F)c1. The van der Waals surface area contributed by atoms with Crippen LogP contribution in [0.5, 0.6) is 0 Å². The van der Waals surface area contributed by atoms with E-state index >= 15 is 0 Å². The van der Waals surface area contributed by atoms with Gasteiger partial charge < -0.3 is 5.32 Å². The molecule has 0 saturated heterocycles. The highest BCUT2D eigenvalue weighted by Gasteiger charge is 2.42. The molecule has 2 rings (SSSR count). The molecule has 2 aromatic carbocycles. The summed E-state index contributed by atoms with van der Waals surface area (Å²) in [6, 6.07) is 2.94. The van der Waals surface area contributed by atoms with Crippen LogP contribution in [0.1, 0.15) is 22.0 Å². The lowest BCUT2D eigenvalue weighted by molar-refractivity contribution is -0.155. The number of hydrogen-bond acceptors (Lipinski definition) is 1. The average Bonchev–Trinajstić information content (AvgIpc) is 2.47. The first-order valence-electron chi connectivity index (χ1n) is 6.26. The van der Waals surface area contributed by atoms with Crippen LogP contribution in [-0.4, -0.2) is 12.1 Å². The average molecular weight is 333 g/mol. The molecule has 0 spiro atoms. The monoisotopic (exact) mass is 333 g/mol. The lowest BCUT2D eigenvalue weighted by atomic mass is 10.1. The van der Waals surface area contributed by atoms with Crippen LogP contribution in [0.15, 0.2) is 42.5 Å². The van der Waals surface area contributed by atoms with E-state index in [-0.39, 0.29) is 0 Å². The number of nitrogens with one attached hydrogen (secondary N) is 1. The van der Waals surface area contributed by atoms with Crippen molar-refractivity contribution in [1.29, 1.82) is 0 Å². The lowest BCUT2D eigenvalue weighted by Gasteiger charge is -2.22. The Kier molecular flexibility index (Phi) is 4.63. The minimum atomic E-state index is -4.86. The van der Waals surface area contributed by atoms with E-state index in [1.807, 2.05) is 0 Å². The summed E-state index contributed by atoms with van der Waals surface area (Å²) >= 11 is 0. The van der Waals surface area contributed by atoms with Crippen LogP contribution in [0, 0.1) is 17.5 Å². The van der Waals surface area contributed by atoms with Gasteiger partial charge in [-0.05, 0) is 35.9 Å². The molecule has 0 aromatic heterocycles. The van der Waals surface area contributed by atoms with Crippen LogP contribution in [-0.2, 0) is 0 Å². The fraction of sp³-hybridized carbons (Fsp3) is 0.133. The summed E-state index contributed by atoms with van der Waals surface area (Å²) < 4.78 is 77.9. The fourth-order valence-electron chi connectivity index (χ4n) is 1.86. The van der Waals surface area contributed by atoms with Gasteiger partial charge in [0, 0.05) is 5.56 Å². The van der Waals surface area contributed by atoms with Gasteiger partial charge in [0.1, 0.15) is 5.82 Å². The molecule has 1 atom stereocenters. The third-order valence-corrected chi connectivity index (χ3v) is 2.99. The summed E-state index contributed by atoms with van der Waals surface area (Å²) in [5, 5.41) is 1.68. The molecule has 1 amide bonds. The maximum Gasteiger partial charge on any atom is 0.412 e. The highest BCUT2D eigenvalue weighted by Crippen LogP contribution is 2.33. The van der Waals surface area contributed by atoms with Crippen molar-refractivity contribution < 1.29 is 31.1 Å². The number of benzene rings is 2. The quantitative estimate of drug-likeness (QED) is 0.841. The largest absolute Gasteiger partial charge is 0.412 e. The molecule has 122 valence electrons. The maximum atomic E-state index is 13.1. The van der Waals surface area contributed by atoms with Crippen molar-refractivity contribution >= 4 is 5.91 Å². The topological polar surface area (TPSA) is 29.1 Å². The second kappa shape index (κ2) is 6.31. The van der Waals surface area contributed by atoms with Crippen molar-refractivity contribution in [2.75, 3.05) is 0 Å². The molecule has 0 aliphatic rings. The Balaban J connectivity index is 2.29. The summed E-state index contributed by atoms with van der Waals surface area (Å²) in [5.41, 5.74) is -0.866. The first-order valence-corrected chi connectivity index (χ1v) is 6.26. The van der Waals surface area contributed by atoms with Gasteiger partial charge in [-0.1, -0.05) is 12.1 Å². The predicted molar refractivity (Wildman–Crippen MR) is 69.0 cm³/mol. The van der Waals surface area contributed by atoms with Crippen molar-refractivity contribution in [3.8, 4) is 0 Å². The third-order valence-electron chi connectivity index (χ3n) is 2.99. The van der Waals surface area contributed by atoms with Crippen molar-refractivity contribution in [1.82, 2.24) is 5.32 Å². The molecule has 0 aliphatic heterocycles. The number of alkyl halides is 3. The molecule has 8 heteroatoms. The van der Waals surface area contributed by atoms with Crippen molar-refractivity contribution in [2.24, 2.45) is 0 Å². The van der Waals surface area contributed by atoms with E-state index in [1.54, 1.807) is 5.32 Å². The second-order valence-corrected chi connectivity index (χ2v) is 4.63. The highest BCUT2D eigenvalue weighted by atomic mass is 19.4. The van der Waals surface area contributed by atoms with Gasteiger partial charge in [0.15, 0.2) is 17.7 Å². The number of carbonyl (C=O) groups is 1. The van der Waals surface area contributed by atoms with Gasteiger partial charge in [0.2, 0.25) is 0 Å². The number of halogens is 6. The lowest BCUT2D eigenvalue weighted by Crippen LogP contribution is -2.38. The number of carbonyl (C=O) groups excluding carboxylic acids is 1. The summed E-state index contributed by atoms with van der Waals surface area (Å²) in [5.74, 6) is -4.56. The van der Waals surface area contributed by atoms with E-state index in [2.05, 4.69) is 0 Å². The predicted octanol–water partition coefficient (Wildman–Crippen LogP) is 4.14. The Morgan fingerprint density at radius 1 is 0.913 bits per heavy atom. The zero-order valence-electron chi connectivity index (χ0n) is 11.3. The van der Waals surface area contributed by atoms with Gasteiger partial charge in [0.25, 0.3) is 5.91 Å². The zero-order chi connectivity index (χ0) is 17.2. The molecule has 0 heterocycles. The van der Waals surface area contributed by atoms with E-state index in [0.29, 0.717) is 12.1 Å². The van der Waals surface area contributed by atoms with Gasteiger partial charge in [0.05, 0.1) is 0 Å². The summed E-state index contributed by atoms with van der Waals surface area (Å²) in [6.45, 7) is 0. The summed E-state index contributed by atoms with van der Waals surface area (Å²) in [7, 11) is 0. The Hall–Kier alpha value is -2.51. The van der Waals surface area contributed by atoms with Gasteiger partial charge in [-0.3, -0.25) is 4.79 Å². The Morgan fingerprint density at radius 3 is 2.04 bits per heavy atom. The normalized spacial score (nSPS) is 12.8. The molecule has 1 unspecified atom stereocenters. The highest BCUT2D eigenvalue weighted by molar-refractivity contribution is 5.94. The van der Waals surface area contributed by atoms with Crippen molar-refractivity contribution in [2.45, 2.75) is 12.2 Å². The molecule has 1 N–H and O–H groups in total. The van der Waals surface area contributed by atoms with E-state index in [1.165, 1.54) is 0 Å². The van der Waals surface area contributed by atoms with Crippen LogP contribution < -0.4 is 5.32 Å². The summed E-state index contributed by atoms with van der Waals surface area (Å²) in [6.07, 6.45) is -4.86. The molecule has 0 bridgehead atoms. The Bertz CT molecular complexity index is 711. The van der Waals surface area contributed by atoms with Crippen molar-refractivity contribution in [3.05, 3.63) is 71.0 Å². The standard InChI is InChI=1S/C15H9F6NO/c16-10-4-1-8(2-5-10)13(15(19,20)21)22-14(23)9-3-6-11(17)12(18)7-9/h1-7,13H,(H,22,23). The second-order valence-electron chi connectivity index (χ2n) is 4.63. The van der Waals surface area contributed by atoms with Gasteiger partial charge in [-0.2, -0.15) is 13.2 Å². The number of amides is 1. The number of rotatable bonds is 3. The fourth-order valence-corrected chi connectivity index (χ4v) is 1.86. The first kappa shape index (κ1) is 16.9. The van der Waals surface area contributed by atoms with Gasteiger partial charge in [-0.15, -0.1) is 0 Å². The van der Waals surface area contributed by atoms with Crippen LogP contribution in [0.4, 0.5) is 26.3 Å². The van der Waals surface area contributed by atoms with Gasteiger partial charge in [-0.25, -0.2) is 13.2 Å². The van der Waals surface area contributed by atoms with Crippen LogP contribution in [0.25, 0.3) is 0 Å². The molecule has 2 nitrogen and oxygen atoms in total. The van der Waals surface area contributed by atoms with Crippen LogP contribution in [0.3, 0.4) is 0 Å². The zero-order valence-corrected chi connectivity index (χ0v) is 11.3. The Morgan fingerprint density at radius 2 is 1.52 bits per heavy atom. The van der Waals surface area contributed by atoms with Gasteiger partial charge >= 0.3 is 6.18 Å². The first-order chi connectivity index (χ1) is 10.7. The van der Waals surface area contributed by atoms with Crippen LogP contribution >= 0.6 is 0 Å². The van der Waals surface area contributed by atoms with Crippen LogP contribution in [0.2, 0.25) is 0 Å². The number of hydrogen-bond donors (Lipinski definition) is 1. The van der Waals surface area contributed by atoms with E-state index in [0.717, 1.165) is 30.3 Å². The van der Waals surface area contributed by atoms with E-state index in [4.69, 9.17) is 0 Å². The molecule has 0 radical (unpaired) electrons. The smallest absolute Gasteiger partial charge is 0.337 e. The molecule has 0 fully saturated rings. The molecule has 0 aliphatic carbocycles. The summed E-state index contributed by atoms with van der Waals surface area (Å²) in [4.78, 5) is 11.8. The maximum absolute atomic E-state index is 13.1. The molecule has 0 saturated carbocycles.